The minimum atomic E-state index is -2.44. The first kappa shape index (κ1) is 22.1. The molecule has 0 saturated heterocycles. The molecule has 3 aromatic carbocycles. The van der Waals surface area contributed by atoms with Crippen molar-refractivity contribution in [2.24, 2.45) is 0 Å². The zero-order chi connectivity index (χ0) is 24.9. The van der Waals surface area contributed by atoms with E-state index in [1.807, 2.05) is 0 Å². The van der Waals surface area contributed by atoms with Crippen LogP contribution in [0, 0.1) is 24.0 Å². The molecule has 3 N–H and O–H groups in total. The highest BCUT2D eigenvalue weighted by Gasteiger charge is 2.53. The molecule has 8 nitrogen and oxygen atoms in total. The van der Waals surface area contributed by atoms with Crippen LogP contribution in [0.5, 0.6) is 6.01 Å². The maximum Gasteiger partial charge on any atom is 0.414 e. The molecule has 0 fully saturated rings. The van der Waals surface area contributed by atoms with Crippen LogP contribution in [0.15, 0.2) is 54.6 Å². The van der Waals surface area contributed by atoms with Gasteiger partial charge in [-0.15, -0.1) is 6.42 Å². The minimum absolute atomic E-state index is 0.0304. The molecule has 174 valence electrons. The van der Waals surface area contributed by atoms with Crippen molar-refractivity contribution in [2.75, 3.05) is 11.9 Å². The second-order valence-electron chi connectivity index (χ2n) is 7.67. The number of aromatic amines is 1. The van der Waals surface area contributed by atoms with E-state index < -0.39 is 29.4 Å². The maximum atomic E-state index is 15.3. The van der Waals surface area contributed by atoms with Gasteiger partial charge in [0.2, 0.25) is 5.72 Å². The number of terminal acetylenes is 1. The Kier molecular flexibility index (Phi) is 5.00. The zero-order valence-corrected chi connectivity index (χ0v) is 18.1. The molecule has 0 bridgehead atoms. The average molecular weight is 474 g/mol. The lowest BCUT2D eigenvalue weighted by atomic mass is 9.92. The number of fused-ring (bicyclic) bond motifs is 2. The summed E-state index contributed by atoms with van der Waals surface area (Å²) in [7, 11) is 1.38. The summed E-state index contributed by atoms with van der Waals surface area (Å²) in [6.07, 6.45) is 4.63. The summed E-state index contributed by atoms with van der Waals surface area (Å²) >= 11 is 0. The van der Waals surface area contributed by atoms with Crippen LogP contribution in [0.4, 0.5) is 19.3 Å². The van der Waals surface area contributed by atoms with Gasteiger partial charge in [0.05, 0.1) is 33.4 Å². The van der Waals surface area contributed by atoms with Gasteiger partial charge in [0.1, 0.15) is 5.82 Å². The first-order valence-corrected chi connectivity index (χ1v) is 10.3. The SMILES string of the molecule is C#Cc1cccc(N2C(=O)c3cccc(F)c3C2(O)c2ccc3nc(OC(=O)NC)[nH]c3c2)c1F. The third kappa shape index (κ3) is 3.21. The molecule has 0 saturated carbocycles. The highest BCUT2D eigenvalue weighted by molar-refractivity contribution is 6.12. The number of nitrogens with one attached hydrogen (secondary N) is 2. The Morgan fingerprint density at radius 1 is 1.23 bits per heavy atom. The van der Waals surface area contributed by atoms with Crippen molar-refractivity contribution in [1.82, 2.24) is 15.3 Å². The summed E-state index contributed by atoms with van der Waals surface area (Å²) in [6.45, 7) is 0. The molecule has 1 atom stereocenters. The molecule has 0 radical (unpaired) electrons. The van der Waals surface area contributed by atoms with E-state index in [4.69, 9.17) is 11.2 Å². The number of nitrogens with zero attached hydrogens (tertiary/aromatic N) is 2. The third-order valence-corrected chi connectivity index (χ3v) is 5.75. The molecular formula is C25H16F2N4O4. The van der Waals surface area contributed by atoms with Gasteiger partial charge in [-0.1, -0.05) is 24.1 Å². The van der Waals surface area contributed by atoms with E-state index in [9.17, 15) is 14.7 Å². The molecule has 0 spiro atoms. The van der Waals surface area contributed by atoms with E-state index in [0.29, 0.717) is 11.0 Å². The summed E-state index contributed by atoms with van der Waals surface area (Å²) in [5.74, 6) is -0.400. The molecule has 4 aromatic rings. The Labute approximate surface area is 197 Å². The average Bonchev–Trinajstić information content (AvgIpc) is 3.35. The van der Waals surface area contributed by atoms with Crippen molar-refractivity contribution in [3.63, 3.8) is 0 Å². The lowest BCUT2D eigenvalue weighted by Gasteiger charge is -2.35. The molecule has 10 heteroatoms. The van der Waals surface area contributed by atoms with Crippen LogP contribution in [0.2, 0.25) is 0 Å². The van der Waals surface area contributed by atoms with Crippen LogP contribution >= 0.6 is 0 Å². The second-order valence-corrected chi connectivity index (χ2v) is 7.67. The van der Waals surface area contributed by atoms with E-state index in [0.717, 1.165) is 11.0 Å². The number of amides is 2. The van der Waals surface area contributed by atoms with Gasteiger partial charge in [0.25, 0.3) is 5.91 Å². The van der Waals surface area contributed by atoms with Crippen molar-refractivity contribution < 1.29 is 28.2 Å². The Bertz CT molecular complexity index is 1580. The topological polar surface area (TPSA) is 108 Å². The number of imidazole rings is 1. The molecule has 2 amide bonds. The summed E-state index contributed by atoms with van der Waals surface area (Å²) in [5, 5.41) is 14.3. The van der Waals surface area contributed by atoms with Gasteiger partial charge >= 0.3 is 12.1 Å². The van der Waals surface area contributed by atoms with E-state index in [1.54, 1.807) is 0 Å². The summed E-state index contributed by atoms with van der Waals surface area (Å²) in [6, 6.07) is 12.0. The Hall–Kier alpha value is -4.75. The number of benzene rings is 3. The lowest BCUT2D eigenvalue weighted by Crippen LogP contribution is -2.46. The van der Waals surface area contributed by atoms with Crippen LogP contribution in [0.1, 0.15) is 27.0 Å². The van der Waals surface area contributed by atoms with Crippen LogP contribution < -0.4 is 15.0 Å². The number of hydrogen-bond donors (Lipinski definition) is 3. The van der Waals surface area contributed by atoms with Crippen molar-refractivity contribution in [2.45, 2.75) is 5.72 Å². The van der Waals surface area contributed by atoms with E-state index >= 15 is 8.78 Å². The van der Waals surface area contributed by atoms with Crippen LogP contribution in [0.25, 0.3) is 11.0 Å². The smallest absolute Gasteiger partial charge is 0.375 e. The minimum Gasteiger partial charge on any atom is -0.375 e. The van der Waals surface area contributed by atoms with Crippen LogP contribution in [0.3, 0.4) is 0 Å². The van der Waals surface area contributed by atoms with Crippen molar-refractivity contribution in [1.29, 1.82) is 0 Å². The van der Waals surface area contributed by atoms with Crippen LogP contribution in [-0.4, -0.2) is 34.1 Å². The number of carbonyl (C=O) groups is 2. The maximum absolute atomic E-state index is 15.3. The van der Waals surface area contributed by atoms with Crippen molar-refractivity contribution >= 4 is 28.7 Å². The monoisotopic (exact) mass is 474 g/mol. The first-order valence-electron chi connectivity index (χ1n) is 10.3. The number of hydrogen-bond acceptors (Lipinski definition) is 5. The third-order valence-electron chi connectivity index (χ3n) is 5.75. The molecule has 1 unspecified atom stereocenters. The number of halogens is 2. The summed E-state index contributed by atoms with van der Waals surface area (Å²) in [5.41, 5.74) is -2.66. The predicted molar refractivity (Wildman–Crippen MR) is 122 cm³/mol. The normalized spacial score (nSPS) is 16.8. The lowest BCUT2D eigenvalue weighted by molar-refractivity contribution is 0.0681. The Morgan fingerprint density at radius 2 is 2.00 bits per heavy atom. The molecule has 1 aliphatic heterocycles. The zero-order valence-electron chi connectivity index (χ0n) is 18.1. The highest BCUT2D eigenvalue weighted by atomic mass is 19.1. The van der Waals surface area contributed by atoms with Crippen LogP contribution in [-0.2, 0) is 5.72 Å². The van der Waals surface area contributed by atoms with Crippen molar-refractivity contribution in [3.8, 4) is 18.4 Å². The number of anilines is 1. The molecular weight excluding hydrogens is 458 g/mol. The van der Waals surface area contributed by atoms with Gasteiger partial charge < -0.3 is 20.1 Å². The molecule has 2 heterocycles. The van der Waals surface area contributed by atoms with E-state index in [2.05, 4.69) is 21.2 Å². The van der Waals surface area contributed by atoms with Crippen molar-refractivity contribution in [3.05, 3.63) is 88.5 Å². The van der Waals surface area contributed by atoms with Gasteiger partial charge in [-0.2, -0.15) is 4.98 Å². The summed E-state index contributed by atoms with van der Waals surface area (Å²) < 4.78 is 35.4. The Balaban J connectivity index is 1.74. The molecule has 1 aromatic heterocycles. The quantitative estimate of drug-likeness (QED) is 0.395. The summed E-state index contributed by atoms with van der Waals surface area (Å²) in [4.78, 5) is 32.6. The molecule has 0 aliphatic carbocycles. The van der Waals surface area contributed by atoms with Gasteiger partial charge in [-0.25, -0.2) is 13.6 Å². The largest absolute Gasteiger partial charge is 0.414 e. The van der Waals surface area contributed by atoms with Gasteiger partial charge in [0, 0.05) is 12.6 Å². The Morgan fingerprint density at radius 3 is 2.74 bits per heavy atom. The van der Waals surface area contributed by atoms with Gasteiger partial charge in [0.15, 0.2) is 5.82 Å². The second kappa shape index (κ2) is 7.93. The highest BCUT2D eigenvalue weighted by Crippen LogP contribution is 2.47. The van der Waals surface area contributed by atoms with Gasteiger partial charge in [-0.05, 0) is 36.4 Å². The number of rotatable bonds is 3. The van der Waals surface area contributed by atoms with E-state index in [1.165, 1.54) is 55.6 Å². The van der Waals surface area contributed by atoms with E-state index in [-0.39, 0.29) is 34.0 Å². The molecule has 35 heavy (non-hydrogen) atoms. The number of carbonyl (C=O) groups excluding carboxylic acids is 2. The fourth-order valence-corrected chi connectivity index (χ4v) is 4.19. The number of ether oxygens (including phenoxy) is 1. The number of aromatic nitrogens is 2. The number of H-pyrrole nitrogens is 1. The fraction of sp³-hybridized carbons (Fsp3) is 0.0800. The standard InChI is InChI=1S/C25H16F2N4O4/c1-3-13-6-4-9-19(21(13)27)31-22(32)15-7-5-8-16(26)20(15)25(31,34)14-10-11-17-18(12-14)30-23(29-17)35-24(33)28-2/h1,4-12,34H,2H3,(H,28,33)(H,29,30). The first-order chi connectivity index (χ1) is 16.8. The molecule has 1 aliphatic rings. The predicted octanol–water partition coefficient (Wildman–Crippen LogP) is 3.39. The molecule has 5 rings (SSSR count). The van der Waals surface area contributed by atoms with Gasteiger partial charge in [-0.3, -0.25) is 9.69 Å². The fourth-order valence-electron chi connectivity index (χ4n) is 4.19. The number of aliphatic hydroxyl groups is 1.